The Morgan fingerprint density at radius 3 is 2.35 bits per heavy atom. The number of amidine groups is 1. The number of hydrogen-bond acceptors (Lipinski definition) is 8. The van der Waals surface area contributed by atoms with Crippen molar-refractivity contribution in [2.75, 3.05) is 33.3 Å². The Labute approximate surface area is 198 Å². The summed E-state index contributed by atoms with van der Waals surface area (Å²) in [6, 6.07) is 10.7. The van der Waals surface area contributed by atoms with Crippen molar-refractivity contribution in [2.45, 2.75) is 13.8 Å². The number of ether oxygens (including phenoxy) is 4. The SMILES string of the molecule is CCOC(=O)C1=C(C)Nc2ccccc2N=C1NC(=O)/C=C/c1cc(OC)c(OC)c(OC)c1. The van der Waals surface area contributed by atoms with E-state index in [-0.39, 0.29) is 18.0 Å². The lowest BCUT2D eigenvalue weighted by molar-refractivity contribution is -0.137. The minimum absolute atomic E-state index is 0.0907. The van der Waals surface area contributed by atoms with E-state index in [9.17, 15) is 9.59 Å². The molecule has 2 aromatic carbocycles. The summed E-state index contributed by atoms with van der Waals surface area (Å²) in [5, 5.41) is 5.87. The molecule has 2 aromatic rings. The molecule has 1 heterocycles. The average molecular weight is 466 g/mol. The number of carbonyl (C=O) groups is 2. The third-order valence-electron chi connectivity index (χ3n) is 4.91. The third kappa shape index (κ3) is 5.37. The number of rotatable bonds is 7. The first-order valence-corrected chi connectivity index (χ1v) is 10.5. The Morgan fingerprint density at radius 2 is 1.74 bits per heavy atom. The summed E-state index contributed by atoms with van der Waals surface area (Å²) < 4.78 is 21.2. The maximum atomic E-state index is 12.8. The van der Waals surface area contributed by atoms with Crippen LogP contribution < -0.4 is 24.8 Å². The molecule has 0 radical (unpaired) electrons. The predicted molar refractivity (Wildman–Crippen MR) is 130 cm³/mol. The number of benzene rings is 2. The number of carbonyl (C=O) groups excluding carboxylic acids is 2. The summed E-state index contributed by atoms with van der Waals surface area (Å²) in [6.07, 6.45) is 2.91. The van der Waals surface area contributed by atoms with Crippen LogP contribution in [0.3, 0.4) is 0 Å². The van der Waals surface area contributed by atoms with Crippen molar-refractivity contribution < 1.29 is 28.5 Å². The topological polar surface area (TPSA) is 107 Å². The van der Waals surface area contributed by atoms with Crippen LogP contribution in [0.15, 0.2) is 58.7 Å². The number of para-hydroxylation sites is 2. The molecular weight excluding hydrogens is 438 g/mol. The molecule has 9 heteroatoms. The molecule has 1 amide bonds. The van der Waals surface area contributed by atoms with Crippen LogP contribution in [0.1, 0.15) is 19.4 Å². The number of anilines is 1. The first kappa shape index (κ1) is 24.4. The Hall–Kier alpha value is -4.27. The maximum Gasteiger partial charge on any atom is 0.343 e. The van der Waals surface area contributed by atoms with E-state index < -0.39 is 11.9 Å². The van der Waals surface area contributed by atoms with Crippen molar-refractivity contribution in [3.05, 3.63) is 59.3 Å². The van der Waals surface area contributed by atoms with Crippen molar-refractivity contribution >= 4 is 35.2 Å². The van der Waals surface area contributed by atoms with Gasteiger partial charge in [0, 0.05) is 11.8 Å². The van der Waals surface area contributed by atoms with Gasteiger partial charge in [-0.15, -0.1) is 0 Å². The quantitative estimate of drug-likeness (QED) is 0.473. The number of nitrogens with zero attached hydrogens (tertiary/aromatic N) is 1. The molecule has 0 aliphatic carbocycles. The summed E-state index contributed by atoms with van der Waals surface area (Å²) >= 11 is 0. The summed E-state index contributed by atoms with van der Waals surface area (Å²) in [6.45, 7) is 3.62. The zero-order valence-electron chi connectivity index (χ0n) is 19.7. The second-order valence-electron chi connectivity index (χ2n) is 7.10. The normalized spacial score (nSPS) is 12.8. The van der Waals surface area contributed by atoms with Gasteiger partial charge in [0.15, 0.2) is 11.5 Å². The second kappa shape index (κ2) is 11.0. The van der Waals surface area contributed by atoms with Crippen LogP contribution in [0.25, 0.3) is 6.08 Å². The molecular formula is C25H27N3O6. The molecule has 0 spiro atoms. The first-order chi connectivity index (χ1) is 16.4. The van der Waals surface area contributed by atoms with Crippen LogP contribution in [-0.2, 0) is 14.3 Å². The molecule has 0 atom stereocenters. The van der Waals surface area contributed by atoms with Gasteiger partial charge < -0.3 is 29.6 Å². The van der Waals surface area contributed by atoms with Gasteiger partial charge in [0.2, 0.25) is 11.7 Å². The van der Waals surface area contributed by atoms with Crippen molar-refractivity contribution in [1.82, 2.24) is 5.32 Å². The molecule has 3 rings (SSSR count). The van der Waals surface area contributed by atoms with E-state index in [1.54, 1.807) is 38.1 Å². The molecule has 34 heavy (non-hydrogen) atoms. The highest BCUT2D eigenvalue weighted by molar-refractivity contribution is 6.25. The number of esters is 1. The van der Waals surface area contributed by atoms with Gasteiger partial charge >= 0.3 is 5.97 Å². The molecule has 2 N–H and O–H groups in total. The van der Waals surface area contributed by atoms with E-state index in [0.29, 0.717) is 39.9 Å². The summed E-state index contributed by atoms with van der Waals surface area (Å²) in [4.78, 5) is 30.0. The fourth-order valence-corrected chi connectivity index (χ4v) is 3.37. The van der Waals surface area contributed by atoms with Crippen molar-refractivity contribution in [1.29, 1.82) is 0 Å². The molecule has 1 aliphatic heterocycles. The van der Waals surface area contributed by atoms with Gasteiger partial charge in [-0.05, 0) is 49.8 Å². The van der Waals surface area contributed by atoms with Gasteiger partial charge in [0.25, 0.3) is 0 Å². The minimum Gasteiger partial charge on any atom is -0.493 e. The van der Waals surface area contributed by atoms with Crippen LogP contribution in [0.5, 0.6) is 17.2 Å². The Morgan fingerprint density at radius 1 is 1.06 bits per heavy atom. The van der Waals surface area contributed by atoms with Crippen LogP contribution >= 0.6 is 0 Å². The van der Waals surface area contributed by atoms with E-state index in [4.69, 9.17) is 18.9 Å². The number of nitrogens with one attached hydrogen (secondary N) is 2. The highest BCUT2D eigenvalue weighted by atomic mass is 16.5. The molecule has 0 saturated carbocycles. The standard InChI is InChI=1S/C25H27N3O6/c1-6-34-25(30)22-15(2)26-17-9-7-8-10-18(17)27-24(22)28-21(29)12-11-16-13-19(31-3)23(33-5)20(14-16)32-4/h7-14,26H,6H2,1-5H3,(H,27,28,29)/b12-11+. The number of amides is 1. The third-order valence-corrected chi connectivity index (χ3v) is 4.91. The number of fused-ring (bicyclic) bond motifs is 1. The smallest absolute Gasteiger partial charge is 0.343 e. The van der Waals surface area contributed by atoms with Crippen LogP contribution in [0, 0.1) is 0 Å². The highest BCUT2D eigenvalue weighted by Gasteiger charge is 2.25. The van der Waals surface area contributed by atoms with Gasteiger partial charge in [0.05, 0.1) is 39.3 Å². The minimum atomic E-state index is -0.590. The maximum absolute atomic E-state index is 12.8. The van der Waals surface area contributed by atoms with E-state index in [0.717, 1.165) is 0 Å². The summed E-state index contributed by atoms with van der Waals surface area (Å²) in [5.41, 5.74) is 2.59. The lowest BCUT2D eigenvalue weighted by Gasteiger charge is -2.13. The Bertz CT molecular complexity index is 1160. The summed E-state index contributed by atoms with van der Waals surface area (Å²) in [5.74, 6) is 0.384. The summed E-state index contributed by atoms with van der Waals surface area (Å²) in [7, 11) is 4.54. The lowest BCUT2D eigenvalue weighted by atomic mass is 10.1. The van der Waals surface area contributed by atoms with Gasteiger partial charge in [-0.1, -0.05) is 12.1 Å². The lowest BCUT2D eigenvalue weighted by Crippen LogP contribution is -2.34. The zero-order chi connectivity index (χ0) is 24.7. The zero-order valence-corrected chi connectivity index (χ0v) is 19.7. The largest absolute Gasteiger partial charge is 0.493 e. The average Bonchev–Trinajstić information content (AvgIpc) is 2.97. The van der Waals surface area contributed by atoms with E-state index in [1.807, 2.05) is 18.2 Å². The molecule has 9 nitrogen and oxygen atoms in total. The van der Waals surface area contributed by atoms with E-state index in [1.165, 1.54) is 27.4 Å². The molecule has 0 saturated heterocycles. The predicted octanol–water partition coefficient (Wildman–Crippen LogP) is 3.83. The van der Waals surface area contributed by atoms with Gasteiger partial charge in [0.1, 0.15) is 11.4 Å². The second-order valence-corrected chi connectivity index (χ2v) is 7.10. The van der Waals surface area contributed by atoms with Gasteiger partial charge in [-0.3, -0.25) is 4.79 Å². The van der Waals surface area contributed by atoms with Crippen LogP contribution in [0.2, 0.25) is 0 Å². The Balaban J connectivity index is 1.92. The number of aliphatic imine (C=N–C) groups is 1. The number of hydrogen-bond donors (Lipinski definition) is 2. The fourth-order valence-electron chi connectivity index (χ4n) is 3.37. The van der Waals surface area contributed by atoms with Crippen molar-refractivity contribution in [3.8, 4) is 17.2 Å². The van der Waals surface area contributed by atoms with Crippen LogP contribution in [0.4, 0.5) is 11.4 Å². The van der Waals surface area contributed by atoms with Crippen LogP contribution in [-0.4, -0.2) is 45.6 Å². The van der Waals surface area contributed by atoms with Crippen molar-refractivity contribution in [2.24, 2.45) is 4.99 Å². The molecule has 0 unspecified atom stereocenters. The first-order valence-electron chi connectivity index (χ1n) is 10.5. The molecule has 178 valence electrons. The monoisotopic (exact) mass is 465 g/mol. The molecule has 0 aromatic heterocycles. The Kier molecular flexibility index (Phi) is 7.92. The highest BCUT2D eigenvalue weighted by Crippen LogP contribution is 2.38. The van der Waals surface area contributed by atoms with Gasteiger partial charge in [-0.2, -0.15) is 0 Å². The fraction of sp³-hybridized carbons (Fsp3) is 0.240. The van der Waals surface area contributed by atoms with Gasteiger partial charge in [-0.25, -0.2) is 9.79 Å². The molecule has 1 aliphatic rings. The molecule has 0 bridgehead atoms. The molecule has 0 fully saturated rings. The number of allylic oxidation sites excluding steroid dienone is 1. The van der Waals surface area contributed by atoms with E-state index >= 15 is 0 Å². The number of methoxy groups -OCH3 is 3. The van der Waals surface area contributed by atoms with Crippen molar-refractivity contribution in [3.63, 3.8) is 0 Å². The van der Waals surface area contributed by atoms with E-state index in [2.05, 4.69) is 15.6 Å².